The second kappa shape index (κ2) is 5.51. The quantitative estimate of drug-likeness (QED) is 0.868. The van der Waals surface area contributed by atoms with Crippen molar-refractivity contribution in [3.63, 3.8) is 0 Å². The molecule has 1 atom stereocenters. The van der Waals surface area contributed by atoms with E-state index in [9.17, 15) is 9.59 Å². The highest BCUT2D eigenvalue weighted by Crippen LogP contribution is 2.31. The summed E-state index contributed by atoms with van der Waals surface area (Å²) in [4.78, 5) is 26.4. The van der Waals surface area contributed by atoms with Crippen molar-refractivity contribution in [2.75, 3.05) is 6.54 Å². The van der Waals surface area contributed by atoms with Crippen LogP contribution in [0.5, 0.6) is 0 Å². The maximum Gasteiger partial charge on any atom is 0.325 e. The molecular formula is C17H22N2O2. The van der Waals surface area contributed by atoms with E-state index in [4.69, 9.17) is 0 Å². The number of nitrogens with one attached hydrogen (secondary N) is 1. The summed E-state index contributed by atoms with van der Waals surface area (Å²) in [5, 5.41) is 2.87. The lowest BCUT2D eigenvalue weighted by Gasteiger charge is -2.26. The van der Waals surface area contributed by atoms with Crippen LogP contribution in [0.25, 0.3) is 0 Å². The average molecular weight is 286 g/mol. The smallest absolute Gasteiger partial charge is 0.319 e. The zero-order valence-corrected chi connectivity index (χ0v) is 12.5. The Kier molecular flexibility index (Phi) is 3.70. The number of imide groups is 1. The predicted molar refractivity (Wildman–Crippen MR) is 80.6 cm³/mol. The van der Waals surface area contributed by atoms with Crippen molar-refractivity contribution >= 4 is 11.9 Å². The molecule has 1 saturated carbocycles. The molecule has 3 rings (SSSR count). The number of nitrogens with zero attached hydrogens (tertiary/aromatic N) is 1. The van der Waals surface area contributed by atoms with Gasteiger partial charge in [0.15, 0.2) is 0 Å². The van der Waals surface area contributed by atoms with E-state index in [1.54, 1.807) is 6.92 Å². The second-order valence-corrected chi connectivity index (χ2v) is 6.34. The third kappa shape index (κ3) is 2.55. The Morgan fingerprint density at radius 2 is 1.81 bits per heavy atom. The molecule has 2 aliphatic rings. The van der Waals surface area contributed by atoms with Gasteiger partial charge in [-0.15, -0.1) is 0 Å². The molecule has 1 heterocycles. The van der Waals surface area contributed by atoms with Crippen LogP contribution in [0.15, 0.2) is 30.3 Å². The van der Waals surface area contributed by atoms with Gasteiger partial charge in [0.1, 0.15) is 5.54 Å². The number of hydrogen-bond donors (Lipinski definition) is 1. The Morgan fingerprint density at radius 3 is 2.48 bits per heavy atom. The van der Waals surface area contributed by atoms with Crippen LogP contribution in [0.1, 0.15) is 44.6 Å². The third-order valence-electron chi connectivity index (χ3n) is 4.79. The van der Waals surface area contributed by atoms with Crippen molar-refractivity contribution in [2.45, 2.75) is 44.6 Å². The first-order chi connectivity index (χ1) is 10.1. The monoisotopic (exact) mass is 286 g/mol. The van der Waals surface area contributed by atoms with Crippen molar-refractivity contribution in [1.82, 2.24) is 10.2 Å². The van der Waals surface area contributed by atoms with Gasteiger partial charge in [-0.2, -0.15) is 0 Å². The number of urea groups is 1. The van der Waals surface area contributed by atoms with Crippen LogP contribution in [0, 0.1) is 5.92 Å². The molecule has 1 aromatic rings. The molecule has 1 aromatic carbocycles. The van der Waals surface area contributed by atoms with E-state index in [0.717, 1.165) is 18.4 Å². The van der Waals surface area contributed by atoms with Gasteiger partial charge < -0.3 is 5.32 Å². The van der Waals surface area contributed by atoms with Gasteiger partial charge >= 0.3 is 6.03 Å². The van der Waals surface area contributed by atoms with Crippen LogP contribution in [0.4, 0.5) is 4.79 Å². The third-order valence-corrected chi connectivity index (χ3v) is 4.79. The SMILES string of the molecule is CC1(c2ccccc2)NC(=O)N(CC2CCCCC2)C1=O. The molecule has 1 aliphatic carbocycles. The van der Waals surface area contributed by atoms with Gasteiger partial charge in [0.2, 0.25) is 0 Å². The number of amides is 3. The summed E-state index contributed by atoms with van der Waals surface area (Å²) in [5.41, 5.74) is -0.0815. The fourth-order valence-electron chi connectivity index (χ4n) is 3.46. The van der Waals surface area contributed by atoms with E-state index in [1.807, 2.05) is 30.3 Å². The number of rotatable bonds is 3. The van der Waals surface area contributed by atoms with Crippen molar-refractivity contribution in [1.29, 1.82) is 0 Å². The molecule has 112 valence electrons. The standard InChI is InChI=1S/C17H22N2O2/c1-17(14-10-6-3-7-11-14)15(20)19(16(21)18-17)12-13-8-4-2-5-9-13/h3,6-7,10-11,13H,2,4-5,8-9,12H2,1H3,(H,18,21). The van der Waals surface area contributed by atoms with E-state index in [0.29, 0.717) is 12.5 Å². The van der Waals surface area contributed by atoms with Gasteiger partial charge in [-0.25, -0.2) is 4.79 Å². The van der Waals surface area contributed by atoms with Gasteiger partial charge in [0, 0.05) is 6.54 Å². The summed E-state index contributed by atoms with van der Waals surface area (Å²) in [6, 6.07) is 9.23. The first-order valence-electron chi connectivity index (χ1n) is 7.81. The highest BCUT2D eigenvalue weighted by Gasteiger charge is 2.49. The zero-order valence-electron chi connectivity index (χ0n) is 12.5. The van der Waals surface area contributed by atoms with Crippen LogP contribution < -0.4 is 5.32 Å². The topological polar surface area (TPSA) is 49.4 Å². The van der Waals surface area contributed by atoms with E-state index >= 15 is 0 Å². The lowest BCUT2D eigenvalue weighted by Crippen LogP contribution is -2.41. The molecule has 1 saturated heterocycles. The number of benzene rings is 1. The van der Waals surface area contributed by atoms with Gasteiger partial charge in [0.25, 0.3) is 5.91 Å². The lowest BCUT2D eigenvalue weighted by atomic mass is 9.88. The minimum absolute atomic E-state index is 0.121. The Hall–Kier alpha value is -1.84. The molecule has 0 aromatic heterocycles. The van der Waals surface area contributed by atoms with E-state index in [2.05, 4.69) is 5.32 Å². The van der Waals surface area contributed by atoms with Crippen LogP contribution in [0.3, 0.4) is 0 Å². The zero-order chi connectivity index (χ0) is 14.9. The maximum absolute atomic E-state index is 12.8. The molecule has 1 N–H and O–H groups in total. The Balaban J connectivity index is 1.78. The highest BCUT2D eigenvalue weighted by atomic mass is 16.2. The molecule has 0 spiro atoms. The first kappa shape index (κ1) is 14.1. The average Bonchev–Trinajstić information content (AvgIpc) is 2.74. The summed E-state index contributed by atoms with van der Waals surface area (Å²) in [6.07, 6.45) is 5.95. The summed E-state index contributed by atoms with van der Waals surface area (Å²) >= 11 is 0. The minimum atomic E-state index is -0.924. The normalized spacial score (nSPS) is 27.0. The highest BCUT2D eigenvalue weighted by molar-refractivity contribution is 6.07. The summed E-state index contributed by atoms with van der Waals surface area (Å²) in [6.45, 7) is 2.36. The van der Waals surface area contributed by atoms with Crippen LogP contribution in [0.2, 0.25) is 0 Å². The van der Waals surface area contributed by atoms with Crippen LogP contribution in [-0.4, -0.2) is 23.4 Å². The van der Waals surface area contributed by atoms with Gasteiger partial charge in [-0.05, 0) is 31.2 Å². The molecule has 0 bridgehead atoms. The Bertz CT molecular complexity index is 537. The number of carbonyl (C=O) groups excluding carboxylic acids is 2. The summed E-state index contributed by atoms with van der Waals surface area (Å²) in [5.74, 6) is 0.343. The van der Waals surface area contributed by atoms with Crippen LogP contribution in [-0.2, 0) is 10.3 Å². The molecule has 21 heavy (non-hydrogen) atoms. The molecular weight excluding hydrogens is 264 g/mol. The van der Waals surface area contributed by atoms with Crippen molar-refractivity contribution in [2.24, 2.45) is 5.92 Å². The Labute approximate surface area is 125 Å². The van der Waals surface area contributed by atoms with Crippen molar-refractivity contribution in [3.8, 4) is 0 Å². The van der Waals surface area contributed by atoms with E-state index in [1.165, 1.54) is 24.2 Å². The lowest BCUT2D eigenvalue weighted by molar-refractivity contribution is -0.131. The largest absolute Gasteiger partial charge is 0.325 e. The fourth-order valence-corrected chi connectivity index (χ4v) is 3.46. The van der Waals surface area contributed by atoms with Gasteiger partial charge in [0.05, 0.1) is 0 Å². The van der Waals surface area contributed by atoms with E-state index < -0.39 is 5.54 Å². The summed E-state index contributed by atoms with van der Waals surface area (Å²) < 4.78 is 0. The fraction of sp³-hybridized carbons (Fsp3) is 0.529. The molecule has 1 aliphatic heterocycles. The van der Waals surface area contributed by atoms with Gasteiger partial charge in [-0.1, -0.05) is 49.6 Å². The van der Waals surface area contributed by atoms with E-state index in [-0.39, 0.29) is 11.9 Å². The van der Waals surface area contributed by atoms with Crippen molar-refractivity contribution < 1.29 is 9.59 Å². The van der Waals surface area contributed by atoms with Crippen molar-refractivity contribution in [3.05, 3.63) is 35.9 Å². The maximum atomic E-state index is 12.8. The molecule has 1 unspecified atom stereocenters. The predicted octanol–water partition coefficient (Wildman–Crippen LogP) is 3.03. The second-order valence-electron chi connectivity index (χ2n) is 6.34. The molecule has 3 amide bonds. The molecule has 0 radical (unpaired) electrons. The van der Waals surface area contributed by atoms with Gasteiger partial charge in [-0.3, -0.25) is 9.69 Å². The molecule has 4 nitrogen and oxygen atoms in total. The van der Waals surface area contributed by atoms with Crippen LogP contribution >= 0.6 is 0 Å². The Morgan fingerprint density at radius 1 is 1.14 bits per heavy atom. The summed E-state index contributed by atoms with van der Waals surface area (Å²) in [7, 11) is 0. The molecule has 2 fully saturated rings. The number of hydrogen-bond acceptors (Lipinski definition) is 2. The molecule has 4 heteroatoms. The first-order valence-corrected chi connectivity index (χ1v) is 7.81. The number of carbonyl (C=O) groups is 2. The minimum Gasteiger partial charge on any atom is -0.319 e.